The van der Waals surface area contributed by atoms with Crippen molar-refractivity contribution in [1.82, 2.24) is 0 Å². The highest BCUT2D eigenvalue weighted by molar-refractivity contribution is 5.96. The number of benzene rings is 1. The first-order chi connectivity index (χ1) is 11.6. The van der Waals surface area contributed by atoms with E-state index in [1.807, 2.05) is 18.2 Å². The van der Waals surface area contributed by atoms with E-state index in [1.165, 1.54) is 19.3 Å². The van der Waals surface area contributed by atoms with Gasteiger partial charge < -0.3 is 16.4 Å². The third-order valence-corrected chi connectivity index (χ3v) is 6.05. The maximum atomic E-state index is 12.7. The van der Waals surface area contributed by atoms with E-state index >= 15 is 0 Å². The van der Waals surface area contributed by atoms with Crippen molar-refractivity contribution in [3.05, 3.63) is 23.8 Å². The molecule has 0 radical (unpaired) electrons. The topological polar surface area (TPSA) is 84.2 Å². The van der Waals surface area contributed by atoms with E-state index < -0.39 is 0 Å². The predicted molar refractivity (Wildman–Crippen MR) is 93.6 cm³/mol. The molecule has 2 aliphatic carbocycles. The third kappa shape index (κ3) is 2.93. The van der Waals surface area contributed by atoms with Crippen LogP contribution in [-0.4, -0.2) is 17.9 Å². The summed E-state index contributed by atoms with van der Waals surface area (Å²) in [6.45, 7) is 0. The molecule has 128 valence electrons. The highest BCUT2D eigenvalue weighted by atomic mass is 16.2. The van der Waals surface area contributed by atoms with Gasteiger partial charge in [0.15, 0.2) is 0 Å². The zero-order chi connectivity index (χ0) is 16.7. The van der Waals surface area contributed by atoms with Crippen molar-refractivity contribution in [2.45, 2.75) is 51.0 Å². The Kier molecular flexibility index (Phi) is 4.04. The fourth-order valence-corrected chi connectivity index (χ4v) is 4.71. The number of nitrogens with one attached hydrogen (secondary N) is 2. The van der Waals surface area contributed by atoms with Crippen LogP contribution in [0.15, 0.2) is 18.2 Å². The van der Waals surface area contributed by atoms with E-state index in [9.17, 15) is 9.59 Å². The monoisotopic (exact) mass is 327 g/mol. The predicted octanol–water partition coefficient (Wildman–Crippen LogP) is 2.66. The van der Waals surface area contributed by atoms with Crippen LogP contribution in [0.25, 0.3) is 0 Å². The molecule has 0 spiro atoms. The molecule has 0 saturated heterocycles. The highest BCUT2D eigenvalue weighted by Crippen LogP contribution is 2.42. The summed E-state index contributed by atoms with van der Waals surface area (Å²) in [5, 5.41) is 5.95. The van der Waals surface area contributed by atoms with Gasteiger partial charge in [-0.1, -0.05) is 6.42 Å². The Hall–Kier alpha value is -1.88. The summed E-state index contributed by atoms with van der Waals surface area (Å²) in [5.41, 5.74) is 9.11. The quantitative estimate of drug-likeness (QED) is 0.781. The summed E-state index contributed by atoms with van der Waals surface area (Å²) in [4.78, 5) is 24.1. The summed E-state index contributed by atoms with van der Waals surface area (Å²) in [6, 6.07) is 6.03. The molecule has 2 amide bonds. The van der Waals surface area contributed by atoms with Crippen LogP contribution in [0.3, 0.4) is 0 Å². The number of nitrogens with two attached hydrogens (primary N) is 1. The number of anilines is 2. The van der Waals surface area contributed by atoms with Gasteiger partial charge in [0.1, 0.15) is 0 Å². The maximum Gasteiger partial charge on any atom is 0.227 e. The van der Waals surface area contributed by atoms with E-state index in [4.69, 9.17) is 5.73 Å². The van der Waals surface area contributed by atoms with Crippen LogP contribution in [-0.2, 0) is 16.0 Å². The Bertz CT molecular complexity index is 659. The number of amides is 2. The largest absolute Gasteiger partial charge is 0.327 e. The highest BCUT2D eigenvalue weighted by Gasteiger charge is 2.40. The minimum atomic E-state index is 0.0596. The SMILES string of the molecule is NC1C2CCCC1CC(C(=O)Nc1ccc3c(c1)CCC(=O)N3)C2. The van der Waals surface area contributed by atoms with E-state index in [0.29, 0.717) is 18.3 Å². The summed E-state index contributed by atoms with van der Waals surface area (Å²) >= 11 is 0. The Morgan fingerprint density at radius 2 is 1.92 bits per heavy atom. The minimum absolute atomic E-state index is 0.0596. The molecule has 1 aliphatic heterocycles. The molecular formula is C19H25N3O2. The van der Waals surface area contributed by atoms with Gasteiger partial charge in [0, 0.05) is 29.8 Å². The molecule has 2 fully saturated rings. The summed E-state index contributed by atoms with van der Waals surface area (Å²) < 4.78 is 0. The second kappa shape index (κ2) is 6.20. The minimum Gasteiger partial charge on any atom is -0.327 e. The maximum absolute atomic E-state index is 12.7. The number of fused-ring (bicyclic) bond motifs is 3. The normalized spacial score (nSPS) is 31.8. The Labute approximate surface area is 142 Å². The fourth-order valence-electron chi connectivity index (χ4n) is 4.71. The first-order valence-corrected chi connectivity index (χ1v) is 9.09. The molecule has 0 aromatic heterocycles. The zero-order valence-electron chi connectivity index (χ0n) is 13.9. The van der Waals surface area contributed by atoms with Crippen molar-refractivity contribution in [2.75, 3.05) is 10.6 Å². The van der Waals surface area contributed by atoms with E-state index in [-0.39, 0.29) is 23.8 Å². The molecule has 4 rings (SSSR count). The Morgan fingerprint density at radius 3 is 2.67 bits per heavy atom. The lowest BCUT2D eigenvalue weighted by atomic mass is 9.65. The molecule has 1 heterocycles. The number of carbonyl (C=O) groups is 2. The van der Waals surface area contributed by atoms with Gasteiger partial charge in [0.25, 0.3) is 0 Å². The van der Waals surface area contributed by atoms with Gasteiger partial charge in [-0.2, -0.15) is 0 Å². The third-order valence-electron chi connectivity index (χ3n) is 6.05. The van der Waals surface area contributed by atoms with Crippen LogP contribution < -0.4 is 16.4 Å². The van der Waals surface area contributed by atoms with Crippen molar-refractivity contribution in [1.29, 1.82) is 0 Å². The molecule has 3 aliphatic rings. The van der Waals surface area contributed by atoms with Crippen LogP contribution in [0, 0.1) is 17.8 Å². The van der Waals surface area contributed by atoms with Gasteiger partial charge in [0.2, 0.25) is 11.8 Å². The van der Waals surface area contributed by atoms with E-state index in [1.54, 1.807) is 0 Å². The zero-order valence-corrected chi connectivity index (χ0v) is 13.9. The molecule has 2 saturated carbocycles. The van der Waals surface area contributed by atoms with Crippen LogP contribution in [0.4, 0.5) is 11.4 Å². The second-order valence-corrected chi connectivity index (χ2v) is 7.61. The smallest absolute Gasteiger partial charge is 0.227 e. The Balaban J connectivity index is 1.44. The molecule has 1 aromatic carbocycles. The number of carbonyl (C=O) groups excluding carboxylic acids is 2. The fraction of sp³-hybridized carbons (Fsp3) is 0.579. The van der Waals surface area contributed by atoms with Crippen LogP contribution in [0.1, 0.15) is 44.1 Å². The number of aryl methyl sites for hydroxylation is 1. The van der Waals surface area contributed by atoms with Gasteiger partial charge in [0.05, 0.1) is 0 Å². The summed E-state index contributed by atoms with van der Waals surface area (Å²) in [5.74, 6) is 1.28. The van der Waals surface area contributed by atoms with Crippen LogP contribution >= 0.6 is 0 Å². The van der Waals surface area contributed by atoms with E-state index in [0.717, 1.165) is 36.2 Å². The number of hydrogen-bond acceptors (Lipinski definition) is 3. The van der Waals surface area contributed by atoms with Gasteiger partial charge >= 0.3 is 0 Å². The second-order valence-electron chi connectivity index (χ2n) is 7.61. The first-order valence-electron chi connectivity index (χ1n) is 9.09. The van der Waals surface area contributed by atoms with Crippen molar-refractivity contribution in [2.24, 2.45) is 23.5 Å². The lowest BCUT2D eigenvalue weighted by Crippen LogP contribution is -2.48. The van der Waals surface area contributed by atoms with Crippen molar-refractivity contribution in [3.8, 4) is 0 Å². The average Bonchev–Trinajstić information content (AvgIpc) is 2.54. The van der Waals surface area contributed by atoms with E-state index in [2.05, 4.69) is 10.6 Å². The first kappa shape index (κ1) is 15.6. The van der Waals surface area contributed by atoms with Crippen molar-refractivity contribution in [3.63, 3.8) is 0 Å². The Morgan fingerprint density at radius 1 is 1.17 bits per heavy atom. The lowest BCUT2D eigenvalue weighted by molar-refractivity contribution is -0.122. The molecule has 5 heteroatoms. The molecular weight excluding hydrogens is 302 g/mol. The van der Waals surface area contributed by atoms with Crippen molar-refractivity contribution >= 4 is 23.2 Å². The molecule has 4 N–H and O–H groups in total. The lowest BCUT2D eigenvalue weighted by Gasteiger charge is -2.43. The van der Waals surface area contributed by atoms with Gasteiger partial charge in [-0.25, -0.2) is 0 Å². The molecule has 2 bridgehead atoms. The average molecular weight is 327 g/mol. The summed E-state index contributed by atoms with van der Waals surface area (Å²) in [6.07, 6.45) is 6.67. The molecule has 2 unspecified atom stereocenters. The van der Waals surface area contributed by atoms with Gasteiger partial charge in [-0.3, -0.25) is 9.59 Å². The number of hydrogen-bond donors (Lipinski definition) is 3. The molecule has 2 atom stereocenters. The molecule has 5 nitrogen and oxygen atoms in total. The van der Waals surface area contributed by atoms with Gasteiger partial charge in [-0.05, 0) is 67.7 Å². The van der Waals surface area contributed by atoms with Crippen LogP contribution in [0.5, 0.6) is 0 Å². The van der Waals surface area contributed by atoms with Gasteiger partial charge in [-0.15, -0.1) is 0 Å². The summed E-state index contributed by atoms with van der Waals surface area (Å²) in [7, 11) is 0. The van der Waals surface area contributed by atoms with Crippen LogP contribution in [0.2, 0.25) is 0 Å². The molecule has 24 heavy (non-hydrogen) atoms. The van der Waals surface area contributed by atoms with Crippen molar-refractivity contribution < 1.29 is 9.59 Å². The molecule has 1 aromatic rings. The standard InChI is InChI=1S/C19H25N3O2/c20-18-12-2-1-3-13(18)9-14(8-12)19(24)21-15-5-6-16-11(10-15)4-7-17(23)22-16/h5-6,10,12-14,18H,1-4,7-9,20H2,(H,21,24)(H,22,23). The number of rotatable bonds is 2.